The first-order valence-electron chi connectivity index (χ1n) is 8.35. The maximum absolute atomic E-state index is 12.6. The Balaban J connectivity index is 1.61. The van der Waals surface area contributed by atoms with Gasteiger partial charge in [0.2, 0.25) is 15.9 Å². The molecule has 0 atom stereocenters. The molecule has 2 aromatic rings. The summed E-state index contributed by atoms with van der Waals surface area (Å²) in [5.74, 6) is -0.269. The predicted octanol–water partition coefficient (Wildman–Crippen LogP) is 3.19. The summed E-state index contributed by atoms with van der Waals surface area (Å²) in [6.07, 6.45) is 3.89. The van der Waals surface area contributed by atoms with Gasteiger partial charge in [0.25, 0.3) is 0 Å². The average molecular weight is 438 g/mol. The number of nitrogens with zero attached hydrogens (tertiary/aromatic N) is 2. The average Bonchev–Trinajstić information content (AvgIpc) is 2.65. The summed E-state index contributed by atoms with van der Waals surface area (Å²) in [7, 11) is -3.55. The second-order valence-electron chi connectivity index (χ2n) is 6.32. The van der Waals surface area contributed by atoms with Crippen LogP contribution in [0.15, 0.2) is 52.1 Å². The molecule has 1 aliphatic rings. The number of aryl methyl sites for hydroxylation is 1. The molecule has 1 aromatic heterocycles. The maximum Gasteiger partial charge on any atom is 0.244 e. The van der Waals surface area contributed by atoms with Gasteiger partial charge in [0.05, 0.1) is 0 Å². The molecule has 26 heavy (non-hydrogen) atoms. The van der Waals surface area contributed by atoms with Crippen LogP contribution in [0.1, 0.15) is 18.4 Å². The number of benzene rings is 1. The quantitative estimate of drug-likeness (QED) is 0.796. The van der Waals surface area contributed by atoms with Crippen LogP contribution < -0.4 is 5.32 Å². The van der Waals surface area contributed by atoms with Gasteiger partial charge in [-0.25, -0.2) is 8.42 Å². The van der Waals surface area contributed by atoms with E-state index >= 15 is 0 Å². The van der Waals surface area contributed by atoms with Gasteiger partial charge >= 0.3 is 0 Å². The minimum atomic E-state index is -3.55. The lowest BCUT2D eigenvalue weighted by Gasteiger charge is -2.30. The van der Waals surface area contributed by atoms with Gasteiger partial charge in [0.1, 0.15) is 4.90 Å². The molecule has 0 radical (unpaired) electrons. The Bertz CT molecular complexity index is 895. The molecule has 1 amide bonds. The van der Waals surface area contributed by atoms with Gasteiger partial charge in [-0.15, -0.1) is 0 Å². The van der Waals surface area contributed by atoms with Crippen LogP contribution in [0.3, 0.4) is 0 Å². The SMILES string of the molecule is Cc1ccc(NC(=O)C2CCN(S(=O)(=O)c3cccnc3)CC2)cc1Br. The number of rotatable bonds is 4. The zero-order chi connectivity index (χ0) is 18.7. The molecule has 2 heterocycles. The second kappa shape index (κ2) is 7.85. The molecule has 1 aliphatic heterocycles. The molecule has 0 saturated carbocycles. The highest BCUT2D eigenvalue weighted by atomic mass is 79.9. The van der Waals surface area contributed by atoms with Gasteiger partial charge in [0, 0.05) is 41.6 Å². The largest absolute Gasteiger partial charge is 0.326 e. The highest BCUT2D eigenvalue weighted by Crippen LogP contribution is 2.26. The second-order valence-corrected chi connectivity index (χ2v) is 9.11. The van der Waals surface area contributed by atoms with Crippen LogP contribution in [0.25, 0.3) is 0 Å². The number of halogens is 1. The number of hydrogen-bond acceptors (Lipinski definition) is 4. The highest BCUT2D eigenvalue weighted by molar-refractivity contribution is 9.10. The van der Waals surface area contributed by atoms with Crippen LogP contribution in [0, 0.1) is 12.8 Å². The summed E-state index contributed by atoms with van der Waals surface area (Å²) < 4.78 is 27.6. The summed E-state index contributed by atoms with van der Waals surface area (Å²) in [6, 6.07) is 8.81. The maximum atomic E-state index is 12.6. The molecule has 0 spiro atoms. The molecule has 3 rings (SSSR count). The fraction of sp³-hybridized carbons (Fsp3) is 0.333. The molecule has 1 aromatic carbocycles. The van der Waals surface area contributed by atoms with E-state index in [-0.39, 0.29) is 16.7 Å². The predicted molar refractivity (Wildman–Crippen MR) is 103 cm³/mol. The van der Waals surface area contributed by atoms with Crippen LogP contribution in [0.4, 0.5) is 5.69 Å². The number of sulfonamides is 1. The molecule has 0 bridgehead atoms. The number of pyridine rings is 1. The monoisotopic (exact) mass is 437 g/mol. The van der Waals surface area contributed by atoms with Gasteiger partial charge in [-0.3, -0.25) is 9.78 Å². The van der Waals surface area contributed by atoms with Crippen molar-refractivity contribution in [3.8, 4) is 0 Å². The molecular formula is C18H20BrN3O3S. The Kier molecular flexibility index (Phi) is 5.74. The van der Waals surface area contributed by atoms with Crippen molar-refractivity contribution in [2.75, 3.05) is 18.4 Å². The summed E-state index contributed by atoms with van der Waals surface area (Å²) >= 11 is 3.45. The number of anilines is 1. The van der Waals surface area contributed by atoms with Crippen molar-refractivity contribution in [1.29, 1.82) is 0 Å². The third-order valence-electron chi connectivity index (χ3n) is 4.54. The summed E-state index contributed by atoms with van der Waals surface area (Å²) in [5, 5.41) is 2.92. The van der Waals surface area contributed by atoms with Crippen LogP contribution in [-0.4, -0.2) is 36.7 Å². The molecule has 1 fully saturated rings. The van der Waals surface area contributed by atoms with Crippen molar-refractivity contribution in [2.24, 2.45) is 5.92 Å². The molecule has 0 aliphatic carbocycles. The number of hydrogen-bond donors (Lipinski definition) is 1. The van der Waals surface area contributed by atoms with Crippen LogP contribution in [-0.2, 0) is 14.8 Å². The molecular weight excluding hydrogens is 418 g/mol. The number of aromatic nitrogens is 1. The Morgan fingerprint density at radius 3 is 2.62 bits per heavy atom. The van der Waals surface area contributed by atoms with Gasteiger partial charge < -0.3 is 5.32 Å². The third kappa shape index (κ3) is 4.13. The lowest BCUT2D eigenvalue weighted by Crippen LogP contribution is -2.41. The summed E-state index contributed by atoms with van der Waals surface area (Å²) in [6.45, 7) is 2.63. The summed E-state index contributed by atoms with van der Waals surface area (Å²) in [5.41, 5.74) is 1.83. The zero-order valence-corrected chi connectivity index (χ0v) is 16.8. The molecule has 1 saturated heterocycles. The zero-order valence-electron chi connectivity index (χ0n) is 14.4. The van der Waals surface area contributed by atoms with E-state index in [0.29, 0.717) is 25.9 Å². The van der Waals surface area contributed by atoms with E-state index in [1.54, 1.807) is 12.3 Å². The smallest absolute Gasteiger partial charge is 0.244 e. The Morgan fingerprint density at radius 2 is 2.00 bits per heavy atom. The van der Waals surface area contributed by atoms with Gasteiger partial charge in [0.15, 0.2) is 0 Å². The number of carbonyl (C=O) groups excluding carboxylic acids is 1. The van der Waals surface area contributed by atoms with Crippen molar-refractivity contribution in [3.05, 3.63) is 52.8 Å². The van der Waals surface area contributed by atoms with Crippen molar-refractivity contribution >= 4 is 37.5 Å². The molecule has 6 nitrogen and oxygen atoms in total. The van der Waals surface area contributed by atoms with Crippen molar-refractivity contribution in [2.45, 2.75) is 24.7 Å². The number of nitrogens with one attached hydrogen (secondary N) is 1. The van der Waals surface area contributed by atoms with Gasteiger partial charge in [-0.1, -0.05) is 22.0 Å². The fourth-order valence-electron chi connectivity index (χ4n) is 2.92. The standard InChI is InChI=1S/C18H20BrN3O3S/c1-13-4-5-15(11-17(13)19)21-18(23)14-6-9-22(10-7-14)26(24,25)16-3-2-8-20-12-16/h2-5,8,11-12,14H,6-7,9-10H2,1H3,(H,21,23). The van der Waals surface area contributed by atoms with E-state index in [1.165, 1.54) is 16.6 Å². The first-order valence-corrected chi connectivity index (χ1v) is 10.6. The van der Waals surface area contributed by atoms with Crippen molar-refractivity contribution < 1.29 is 13.2 Å². The van der Waals surface area contributed by atoms with E-state index in [2.05, 4.69) is 26.2 Å². The van der Waals surface area contributed by atoms with Crippen LogP contribution >= 0.6 is 15.9 Å². The van der Waals surface area contributed by atoms with Crippen molar-refractivity contribution in [1.82, 2.24) is 9.29 Å². The third-order valence-corrected chi connectivity index (χ3v) is 7.27. The van der Waals surface area contributed by atoms with E-state index in [0.717, 1.165) is 15.7 Å². The van der Waals surface area contributed by atoms with Crippen LogP contribution in [0.5, 0.6) is 0 Å². The Hall–Kier alpha value is -1.77. The van der Waals surface area contributed by atoms with E-state index in [4.69, 9.17) is 0 Å². The Labute approximate surface area is 161 Å². The van der Waals surface area contributed by atoms with Gasteiger partial charge in [-0.2, -0.15) is 4.31 Å². The number of piperidine rings is 1. The minimum Gasteiger partial charge on any atom is -0.326 e. The first-order chi connectivity index (χ1) is 12.4. The highest BCUT2D eigenvalue weighted by Gasteiger charge is 2.32. The lowest BCUT2D eigenvalue weighted by atomic mass is 9.97. The topological polar surface area (TPSA) is 79.4 Å². The molecule has 0 unspecified atom stereocenters. The van der Waals surface area contributed by atoms with Crippen LogP contribution in [0.2, 0.25) is 0 Å². The van der Waals surface area contributed by atoms with E-state index in [1.807, 2.05) is 25.1 Å². The van der Waals surface area contributed by atoms with E-state index < -0.39 is 10.0 Å². The molecule has 138 valence electrons. The lowest BCUT2D eigenvalue weighted by molar-refractivity contribution is -0.120. The minimum absolute atomic E-state index is 0.0702. The fourth-order valence-corrected chi connectivity index (χ4v) is 4.74. The first kappa shape index (κ1) is 19.0. The molecule has 1 N–H and O–H groups in total. The number of carbonyl (C=O) groups is 1. The Morgan fingerprint density at radius 1 is 1.27 bits per heavy atom. The summed E-state index contributed by atoms with van der Waals surface area (Å²) in [4.78, 5) is 16.5. The number of amides is 1. The normalized spacial score (nSPS) is 16.4. The van der Waals surface area contributed by atoms with Crippen molar-refractivity contribution in [3.63, 3.8) is 0 Å². The van der Waals surface area contributed by atoms with Gasteiger partial charge in [-0.05, 0) is 49.6 Å². The molecule has 8 heteroatoms. The van der Waals surface area contributed by atoms with E-state index in [9.17, 15) is 13.2 Å².